The number of hydrogen-bond acceptors (Lipinski definition) is 6. The molecule has 0 saturated carbocycles. The Bertz CT molecular complexity index is 725. The van der Waals surface area contributed by atoms with Gasteiger partial charge in [0.25, 0.3) is 5.91 Å². The van der Waals surface area contributed by atoms with Crippen LogP contribution in [-0.4, -0.2) is 48.2 Å². The van der Waals surface area contributed by atoms with Gasteiger partial charge in [-0.25, -0.2) is 4.68 Å². The van der Waals surface area contributed by atoms with Gasteiger partial charge in [-0.1, -0.05) is 5.21 Å². The van der Waals surface area contributed by atoms with Gasteiger partial charge >= 0.3 is 0 Å². The van der Waals surface area contributed by atoms with E-state index in [4.69, 9.17) is 9.47 Å². The molecular weight excluding hydrogens is 322 g/mol. The van der Waals surface area contributed by atoms with Crippen LogP contribution >= 0.6 is 0 Å². The minimum atomic E-state index is -0.252. The van der Waals surface area contributed by atoms with E-state index in [0.717, 1.165) is 31.5 Å². The van der Waals surface area contributed by atoms with Gasteiger partial charge in [0, 0.05) is 18.2 Å². The molecule has 1 aliphatic heterocycles. The number of methoxy groups -OCH3 is 2. The quantitative estimate of drug-likeness (QED) is 0.816. The van der Waals surface area contributed by atoms with E-state index in [1.807, 2.05) is 12.1 Å². The topological polar surface area (TPSA) is 90.3 Å². The summed E-state index contributed by atoms with van der Waals surface area (Å²) in [6.07, 6.45) is 3.71. The van der Waals surface area contributed by atoms with Crippen molar-refractivity contribution >= 4 is 5.91 Å². The SMILES string of the molecule is COc1ccc(CNC(=O)c2cn(C3CCNCC3)nn2)c(OC)c1. The van der Waals surface area contributed by atoms with Gasteiger partial charge in [0.1, 0.15) is 11.5 Å². The van der Waals surface area contributed by atoms with Crippen molar-refractivity contribution in [2.45, 2.75) is 25.4 Å². The normalized spacial score (nSPS) is 15.0. The summed E-state index contributed by atoms with van der Waals surface area (Å²) >= 11 is 0. The number of piperidine rings is 1. The fourth-order valence-corrected chi connectivity index (χ4v) is 2.89. The van der Waals surface area contributed by atoms with E-state index in [-0.39, 0.29) is 5.91 Å². The van der Waals surface area contributed by atoms with Gasteiger partial charge in [-0.05, 0) is 38.1 Å². The standard InChI is InChI=1S/C17H23N5O3/c1-24-14-4-3-12(16(9-14)25-2)10-19-17(23)15-11-22(21-20-15)13-5-7-18-8-6-13/h3-4,9,11,13,18H,5-8,10H2,1-2H3,(H,19,23). The van der Waals surface area contributed by atoms with Crippen LogP contribution in [0.3, 0.4) is 0 Å². The van der Waals surface area contributed by atoms with Gasteiger partial charge in [-0.2, -0.15) is 0 Å². The number of ether oxygens (including phenoxy) is 2. The average Bonchev–Trinajstić information content (AvgIpc) is 3.17. The molecule has 0 atom stereocenters. The minimum absolute atomic E-state index is 0.252. The first-order valence-electron chi connectivity index (χ1n) is 8.33. The average molecular weight is 345 g/mol. The lowest BCUT2D eigenvalue weighted by Gasteiger charge is -2.22. The fourth-order valence-electron chi connectivity index (χ4n) is 2.89. The van der Waals surface area contributed by atoms with Crippen LogP contribution in [0.15, 0.2) is 24.4 Å². The lowest BCUT2D eigenvalue weighted by molar-refractivity contribution is 0.0945. The first-order valence-corrected chi connectivity index (χ1v) is 8.33. The van der Waals surface area contributed by atoms with Crippen molar-refractivity contribution < 1.29 is 14.3 Å². The Kier molecular flexibility index (Phi) is 5.49. The van der Waals surface area contributed by atoms with Crippen LogP contribution in [0.4, 0.5) is 0 Å². The molecule has 0 aliphatic carbocycles. The highest BCUT2D eigenvalue weighted by Gasteiger charge is 2.19. The number of hydrogen-bond donors (Lipinski definition) is 2. The lowest BCUT2D eigenvalue weighted by Crippen LogP contribution is -2.29. The van der Waals surface area contributed by atoms with E-state index in [0.29, 0.717) is 29.8 Å². The highest BCUT2D eigenvalue weighted by molar-refractivity contribution is 5.91. The maximum absolute atomic E-state index is 12.3. The Balaban J connectivity index is 1.62. The second-order valence-corrected chi connectivity index (χ2v) is 5.93. The number of rotatable bonds is 6. The summed E-state index contributed by atoms with van der Waals surface area (Å²) in [6.45, 7) is 2.26. The third-order valence-electron chi connectivity index (χ3n) is 4.36. The Morgan fingerprint density at radius 2 is 2.12 bits per heavy atom. The number of nitrogens with zero attached hydrogens (tertiary/aromatic N) is 3. The zero-order valence-electron chi connectivity index (χ0n) is 14.5. The second kappa shape index (κ2) is 7.98. The van der Waals surface area contributed by atoms with Crippen LogP contribution in [0.2, 0.25) is 0 Å². The molecule has 8 heteroatoms. The zero-order chi connectivity index (χ0) is 17.6. The van der Waals surface area contributed by atoms with Crippen LogP contribution in [-0.2, 0) is 6.54 Å². The summed E-state index contributed by atoms with van der Waals surface area (Å²) < 4.78 is 12.3. The largest absolute Gasteiger partial charge is 0.497 e. The van der Waals surface area contributed by atoms with E-state index < -0.39 is 0 Å². The lowest BCUT2D eigenvalue weighted by atomic mass is 10.1. The number of amides is 1. The predicted octanol–water partition coefficient (Wildman–Crippen LogP) is 1.15. The molecule has 2 heterocycles. The number of benzene rings is 1. The predicted molar refractivity (Wildman–Crippen MR) is 91.9 cm³/mol. The van der Waals surface area contributed by atoms with Gasteiger partial charge in [0.05, 0.1) is 26.5 Å². The Labute approximate surface area is 146 Å². The van der Waals surface area contributed by atoms with E-state index in [2.05, 4.69) is 20.9 Å². The Morgan fingerprint density at radius 1 is 1.32 bits per heavy atom. The highest BCUT2D eigenvalue weighted by atomic mass is 16.5. The maximum atomic E-state index is 12.3. The van der Waals surface area contributed by atoms with Crippen molar-refractivity contribution in [3.8, 4) is 11.5 Å². The molecule has 1 saturated heterocycles. The van der Waals surface area contributed by atoms with Crippen LogP contribution in [0.5, 0.6) is 11.5 Å². The number of aromatic nitrogens is 3. The first kappa shape index (κ1) is 17.2. The summed E-state index contributed by atoms with van der Waals surface area (Å²) in [6, 6.07) is 5.79. The van der Waals surface area contributed by atoms with Gasteiger partial charge in [0.2, 0.25) is 0 Å². The molecule has 0 spiro atoms. The first-order chi connectivity index (χ1) is 12.2. The molecule has 3 rings (SSSR count). The van der Waals surface area contributed by atoms with E-state index >= 15 is 0 Å². The molecule has 1 aliphatic rings. The summed E-state index contributed by atoms with van der Waals surface area (Å²) in [5, 5.41) is 14.3. The van der Waals surface area contributed by atoms with Crippen molar-refractivity contribution in [2.24, 2.45) is 0 Å². The van der Waals surface area contributed by atoms with Crippen molar-refractivity contribution in [1.82, 2.24) is 25.6 Å². The molecule has 25 heavy (non-hydrogen) atoms. The van der Waals surface area contributed by atoms with E-state index in [1.165, 1.54) is 0 Å². The van der Waals surface area contributed by atoms with Crippen molar-refractivity contribution in [1.29, 1.82) is 0 Å². The molecule has 2 N–H and O–H groups in total. The molecule has 1 aromatic heterocycles. The summed E-state index contributed by atoms with van der Waals surface area (Å²) in [7, 11) is 3.19. The summed E-state index contributed by atoms with van der Waals surface area (Å²) in [5.74, 6) is 1.12. The molecule has 1 fully saturated rings. The minimum Gasteiger partial charge on any atom is -0.497 e. The summed E-state index contributed by atoms with van der Waals surface area (Å²) in [5.41, 5.74) is 1.19. The molecule has 1 aromatic carbocycles. The monoisotopic (exact) mass is 345 g/mol. The van der Waals surface area contributed by atoms with Crippen molar-refractivity contribution in [3.05, 3.63) is 35.7 Å². The maximum Gasteiger partial charge on any atom is 0.273 e. The highest BCUT2D eigenvalue weighted by Crippen LogP contribution is 2.24. The number of carbonyl (C=O) groups excluding carboxylic acids is 1. The molecule has 1 amide bonds. The molecule has 2 aromatic rings. The van der Waals surface area contributed by atoms with Gasteiger partial charge in [0.15, 0.2) is 5.69 Å². The smallest absolute Gasteiger partial charge is 0.273 e. The fraction of sp³-hybridized carbons (Fsp3) is 0.471. The van der Waals surface area contributed by atoms with Crippen LogP contribution in [0.1, 0.15) is 34.9 Å². The van der Waals surface area contributed by atoms with Crippen molar-refractivity contribution in [2.75, 3.05) is 27.3 Å². The van der Waals surface area contributed by atoms with Crippen molar-refractivity contribution in [3.63, 3.8) is 0 Å². The van der Waals surface area contributed by atoms with Gasteiger partial charge in [-0.15, -0.1) is 5.10 Å². The molecule has 0 unspecified atom stereocenters. The molecule has 0 radical (unpaired) electrons. The number of carbonyl (C=O) groups is 1. The zero-order valence-corrected chi connectivity index (χ0v) is 14.5. The molecule has 8 nitrogen and oxygen atoms in total. The summed E-state index contributed by atoms with van der Waals surface area (Å²) in [4.78, 5) is 12.3. The van der Waals surface area contributed by atoms with E-state index in [1.54, 1.807) is 31.2 Å². The third-order valence-corrected chi connectivity index (χ3v) is 4.36. The second-order valence-electron chi connectivity index (χ2n) is 5.93. The van der Waals surface area contributed by atoms with E-state index in [9.17, 15) is 4.79 Å². The molecular formula is C17H23N5O3. The van der Waals surface area contributed by atoms with Crippen LogP contribution < -0.4 is 20.1 Å². The van der Waals surface area contributed by atoms with Gasteiger partial charge < -0.3 is 20.1 Å². The van der Waals surface area contributed by atoms with Crippen LogP contribution in [0.25, 0.3) is 0 Å². The number of nitrogens with one attached hydrogen (secondary N) is 2. The third kappa shape index (κ3) is 4.08. The van der Waals surface area contributed by atoms with Gasteiger partial charge in [-0.3, -0.25) is 4.79 Å². The molecule has 134 valence electrons. The Hall–Kier alpha value is -2.61. The Morgan fingerprint density at radius 3 is 2.84 bits per heavy atom. The molecule has 0 bridgehead atoms. The van der Waals surface area contributed by atoms with Crippen LogP contribution in [0, 0.1) is 0 Å².